The molecule has 1 N–H and O–H groups in total. The second-order valence-corrected chi connectivity index (χ2v) is 5.27. The maximum Gasteiger partial charge on any atom is 0.0951 e. The molecule has 1 fully saturated rings. The van der Waals surface area contributed by atoms with Crippen LogP contribution in [0.5, 0.6) is 0 Å². The number of aromatic nitrogens is 3. The Bertz CT molecular complexity index is 541. The smallest absolute Gasteiger partial charge is 0.0951 e. The van der Waals surface area contributed by atoms with Gasteiger partial charge in [-0.05, 0) is 50.0 Å². The van der Waals surface area contributed by atoms with Gasteiger partial charge in [-0.1, -0.05) is 0 Å². The molecule has 0 aromatic carbocycles. The summed E-state index contributed by atoms with van der Waals surface area (Å²) < 4.78 is 2.28. The largest absolute Gasteiger partial charge is 0.330 e. The molecule has 0 atom stereocenters. The number of aryl methyl sites for hydroxylation is 1. The van der Waals surface area contributed by atoms with E-state index in [1.165, 1.54) is 29.7 Å². The normalized spacial score (nSPS) is 16.7. The Morgan fingerprint density at radius 2 is 2.11 bits per heavy atom. The summed E-state index contributed by atoms with van der Waals surface area (Å²) in [5, 5.41) is 3.42. The minimum atomic E-state index is 0.640. The van der Waals surface area contributed by atoms with E-state index >= 15 is 0 Å². The second-order valence-electron chi connectivity index (χ2n) is 5.27. The molecular weight excluding hydrogens is 236 g/mol. The van der Waals surface area contributed by atoms with Crippen LogP contribution in [-0.4, -0.2) is 27.6 Å². The van der Waals surface area contributed by atoms with Crippen molar-refractivity contribution in [3.05, 3.63) is 47.8 Å². The average Bonchev–Trinajstić information content (AvgIpc) is 2.91. The van der Waals surface area contributed by atoms with Gasteiger partial charge in [0.05, 0.1) is 12.9 Å². The summed E-state index contributed by atoms with van der Waals surface area (Å²) in [6, 6.07) is 2.07. The van der Waals surface area contributed by atoms with Crippen molar-refractivity contribution in [2.24, 2.45) is 0 Å². The first-order chi connectivity index (χ1) is 9.34. The molecule has 1 saturated heterocycles. The highest BCUT2D eigenvalue weighted by Gasteiger charge is 2.18. The highest BCUT2D eigenvalue weighted by molar-refractivity contribution is 5.23. The fourth-order valence-electron chi connectivity index (χ4n) is 2.77. The Balaban J connectivity index is 1.82. The van der Waals surface area contributed by atoms with Crippen LogP contribution in [0.25, 0.3) is 0 Å². The standard InChI is InChI=1S/C15H20N4/c1-12-2-5-17-8-14(12)10-19-11-18-9-15(19)13-3-6-16-7-4-13/h2,5,8-9,11,13,16H,3-4,6-7,10H2,1H3. The lowest BCUT2D eigenvalue weighted by Crippen LogP contribution is -2.27. The Labute approximate surface area is 113 Å². The summed E-state index contributed by atoms with van der Waals surface area (Å²) in [5.74, 6) is 0.640. The minimum absolute atomic E-state index is 0.640. The van der Waals surface area contributed by atoms with E-state index in [2.05, 4.69) is 32.8 Å². The lowest BCUT2D eigenvalue weighted by Gasteiger charge is -2.23. The van der Waals surface area contributed by atoms with E-state index in [0.29, 0.717) is 5.92 Å². The van der Waals surface area contributed by atoms with Gasteiger partial charge in [-0.25, -0.2) is 4.98 Å². The summed E-state index contributed by atoms with van der Waals surface area (Å²) in [6.07, 6.45) is 10.2. The molecule has 0 bridgehead atoms. The van der Waals surface area contributed by atoms with Crippen LogP contribution in [0.1, 0.15) is 35.6 Å². The molecular formula is C15H20N4. The van der Waals surface area contributed by atoms with Crippen LogP contribution < -0.4 is 5.32 Å². The second kappa shape index (κ2) is 5.53. The number of pyridine rings is 1. The topological polar surface area (TPSA) is 42.7 Å². The summed E-state index contributed by atoms with van der Waals surface area (Å²) in [7, 11) is 0. The summed E-state index contributed by atoms with van der Waals surface area (Å²) in [6.45, 7) is 5.24. The van der Waals surface area contributed by atoms with Crippen molar-refractivity contribution in [3.8, 4) is 0 Å². The van der Waals surface area contributed by atoms with Gasteiger partial charge in [-0.3, -0.25) is 4.98 Å². The third kappa shape index (κ3) is 2.68. The highest BCUT2D eigenvalue weighted by atomic mass is 15.1. The van der Waals surface area contributed by atoms with Gasteiger partial charge in [0, 0.05) is 30.2 Å². The third-order valence-corrected chi connectivity index (χ3v) is 3.99. The predicted molar refractivity (Wildman–Crippen MR) is 75.1 cm³/mol. The first-order valence-corrected chi connectivity index (χ1v) is 6.95. The van der Waals surface area contributed by atoms with Crippen LogP contribution in [0.4, 0.5) is 0 Å². The van der Waals surface area contributed by atoms with Gasteiger partial charge < -0.3 is 9.88 Å². The van der Waals surface area contributed by atoms with Crippen molar-refractivity contribution in [3.63, 3.8) is 0 Å². The molecule has 100 valence electrons. The molecule has 0 saturated carbocycles. The number of imidazole rings is 1. The van der Waals surface area contributed by atoms with Crippen molar-refractivity contribution in [2.45, 2.75) is 32.2 Å². The van der Waals surface area contributed by atoms with Crippen LogP contribution >= 0.6 is 0 Å². The molecule has 0 unspecified atom stereocenters. The van der Waals surface area contributed by atoms with Crippen LogP contribution in [0.2, 0.25) is 0 Å². The number of hydrogen-bond acceptors (Lipinski definition) is 3. The van der Waals surface area contributed by atoms with E-state index in [9.17, 15) is 0 Å². The molecule has 0 aliphatic carbocycles. The summed E-state index contributed by atoms with van der Waals surface area (Å²) in [5.41, 5.74) is 3.93. The minimum Gasteiger partial charge on any atom is -0.330 e. The Kier molecular flexibility index (Phi) is 3.60. The highest BCUT2D eigenvalue weighted by Crippen LogP contribution is 2.25. The van der Waals surface area contributed by atoms with E-state index < -0.39 is 0 Å². The van der Waals surface area contributed by atoms with Crippen LogP contribution in [0.15, 0.2) is 31.0 Å². The fraction of sp³-hybridized carbons (Fsp3) is 0.467. The van der Waals surface area contributed by atoms with Gasteiger partial charge in [0.1, 0.15) is 0 Å². The van der Waals surface area contributed by atoms with E-state index in [1.807, 2.05) is 24.9 Å². The summed E-state index contributed by atoms with van der Waals surface area (Å²) in [4.78, 5) is 8.57. The third-order valence-electron chi connectivity index (χ3n) is 3.99. The van der Waals surface area contributed by atoms with Crippen molar-refractivity contribution < 1.29 is 0 Å². The summed E-state index contributed by atoms with van der Waals surface area (Å²) >= 11 is 0. The zero-order chi connectivity index (χ0) is 13.1. The SMILES string of the molecule is Cc1ccncc1Cn1cncc1C1CCNCC1. The molecule has 2 aromatic heterocycles. The number of rotatable bonds is 3. The van der Waals surface area contributed by atoms with Crippen LogP contribution in [0.3, 0.4) is 0 Å². The fourth-order valence-corrected chi connectivity index (χ4v) is 2.77. The zero-order valence-corrected chi connectivity index (χ0v) is 11.3. The van der Waals surface area contributed by atoms with Gasteiger partial charge in [0.25, 0.3) is 0 Å². The molecule has 19 heavy (non-hydrogen) atoms. The molecule has 0 amide bonds. The number of nitrogens with zero attached hydrogens (tertiary/aromatic N) is 3. The Morgan fingerprint density at radius 3 is 2.89 bits per heavy atom. The van der Waals surface area contributed by atoms with Crippen LogP contribution in [-0.2, 0) is 6.54 Å². The van der Waals surface area contributed by atoms with Crippen molar-refractivity contribution in [1.29, 1.82) is 0 Å². The van der Waals surface area contributed by atoms with E-state index in [4.69, 9.17) is 0 Å². The molecule has 0 radical (unpaired) electrons. The van der Waals surface area contributed by atoms with Crippen molar-refractivity contribution in [2.75, 3.05) is 13.1 Å². The zero-order valence-electron chi connectivity index (χ0n) is 11.3. The van der Waals surface area contributed by atoms with Crippen LogP contribution in [0, 0.1) is 6.92 Å². The lowest BCUT2D eigenvalue weighted by atomic mass is 9.95. The van der Waals surface area contributed by atoms with Gasteiger partial charge in [0.2, 0.25) is 0 Å². The van der Waals surface area contributed by atoms with Crippen molar-refractivity contribution in [1.82, 2.24) is 19.9 Å². The van der Waals surface area contributed by atoms with Gasteiger partial charge in [0.15, 0.2) is 0 Å². The lowest BCUT2D eigenvalue weighted by molar-refractivity contribution is 0.442. The van der Waals surface area contributed by atoms with Gasteiger partial charge >= 0.3 is 0 Å². The van der Waals surface area contributed by atoms with E-state index in [-0.39, 0.29) is 0 Å². The maximum atomic E-state index is 4.35. The molecule has 1 aliphatic heterocycles. The number of hydrogen-bond donors (Lipinski definition) is 1. The molecule has 3 heterocycles. The van der Waals surface area contributed by atoms with Crippen molar-refractivity contribution >= 4 is 0 Å². The molecule has 2 aromatic rings. The first-order valence-electron chi connectivity index (χ1n) is 6.95. The number of nitrogens with one attached hydrogen (secondary N) is 1. The molecule has 3 rings (SSSR count). The molecule has 0 spiro atoms. The molecule has 4 nitrogen and oxygen atoms in total. The molecule has 1 aliphatic rings. The first kappa shape index (κ1) is 12.4. The maximum absolute atomic E-state index is 4.35. The van der Waals surface area contributed by atoms with E-state index in [1.54, 1.807) is 0 Å². The predicted octanol–water partition coefficient (Wildman–Crippen LogP) is 2.10. The molecule has 4 heteroatoms. The average molecular weight is 256 g/mol. The monoisotopic (exact) mass is 256 g/mol. The quantitative estimate of drug-likeness (QED) is 0.914. The van der Waals surface area contributed by atoms with Gasteiger partial charge in [-0.2, -0.15) is 0 Å². The Morgan fingerprint density at radius 1 is 1.26 bits per heavy atom. The van der Waals surface area contributed by atoms with E-state index in [0.717, 1.165) is 19.6 Å². The van der Waals surface area contributed by atoms with Gasteiger partial charge in [-0.15, -0.1) is 0 Å². The number of piperidine rings is 1. The Hall–Kier alpha value is -1.68.